The van der Waals surface area contributed by atoms with Crippen LogP contribution in [-0.4, -0.2) is 17.3 Å². The van der Waals surface area contributed by atoms with E-state index in [1.165, 1.54) is 16.7 Å². The molecule has 7 heteroatoms. The molecule has 0 unspecified atom stereocenters. The highest BCUT2D eigenvalue weighted by molar-refractivity contribution is 8.27. The van der Waals surface area contributed by atoms with Gasteiger partial charge in [0.25, 0.3) is 5.91 Å². The molecule has 1 saturated heterocycles. The first-order valence-electron chi connectivity index (χ1n) is 9.72. The first kappa shape index (κ1) is 21.6. The summed E-state index contributed by atoms with van der Waals surface area (Å²) in [5.74, 6) is 0.930. The van der Waals surface area contributed by atoms with Crippen LogP contribution in [0.4, 0.5) is 5.69 Å². The molecule has 1 heterocycles. The van der Waals surface area contributed by atoms with E-state index >= 15 is 0 Å². The number of anilines is 1. The van der Waals surface area contributed by atoms with Gasteiger partial charge in [-0.3, -0.25) is 9.69 Å². The minimum absolute atomic E-state index is 0.154. The molecule has 0 aliphatic carbocycles. The van der Waals surface area contributed by atoms with E-state index in [0.717, 1.165) is 16.8 Å². The van der Waals surface area contributed by atoms with E-state index in [1.807, 2.05) is 54.6 Å². The molecule has 5 nitrogen and oxygen atoms in total. The standard InChI is InChI=1S/C25H18N2O3S2/c1-29-22-13-17(11-12-21(22)30-16-19-8-6-5-7-18(19)15-26)14-23-24(28)27(25(31)32-23)20-9-3-2-4-10-20/h2-14H,16H2,1H3/b23-14+. The number of rotatable bonds is 6. The largest absolute Gasteiger partial charge is 0.493 e. The molecule has 158 valence electrons. The molecule has 3 aromatic rings. The van der Waals surface area contributed by atoms with Gasteiger partial charge < -0.3 is 9.47 Å². The van der Waals surface area contributed by atoms with Crippen LogP contribution in [0.15, 0.2) is 77.7 Å². The van der Waals surface area contributed by atoms with Crippen molar-refractivity contribution in [1.82, 2.24) is 0 Å². The highest BCUT2D eigenvalue weighted by Crippen LogP contribution is 2.37. The van der Waals surface area contributed by atoms with Gasteiger partial charge in [-0.15, -0.1) is 0 Å². The van der Waals surface area contributed by atoms with Crippen LogP contribution < -0.4 is 14.4 Å². The van der Waals surface area contributed by atoms with Crippen molar-refractivity contribution < 1.29 is 14.3 Å². The molecule has 0 atom stereocenters. The predicted molar refractivity (Wildman–Crippen MR) is 131 cm³/mol. The van der Waals surface area contributed by atoms with Gasteiger partial charge in [0.05, 0.1) is 29.3 Å². The zero-order valence-corrected chi connectivity index (χ0v) is 18.8. The van der Waals surface area contributed by atoms with Crippen molar-refractivity contribution in [2.75, 3.05) is 12.0 Å². The maximum atomic E-state index is 12.9. The number of benzene rings is 3. The number of ether oxygens (including phenoxy) is 2. The fourth-order valence-electron chi connectivity index (χ4n) is 3.22. The lowest BCUT2D eigenvalue weighted by atomic mass is 10.1. The van der Waals surface area contributed by atoms with Crippen molar-refractivity contribution in [2.24, 2.45) is 0 Å². The summed E-state index contributed by atoms with van der Waals surface area (Å²) in [7, 11) is 1.56. The summed E-state index contributed by atoms with van der Waals surface area (Å²) in [4.78, 5) is 15.0. The van der Waals surface area contributed by atoms with E-state index in [2.05, 4.69) is 6.07 Å². The summed E-state index contributed by atoms with van der Waals surface area (Å²) in [6, 6.07) is 24.3. The number of para-hydroxylation sites is 1. The Balaban J connectivity index is 1.54. The number of thioether (sulfide) groups is 1. The Morgan fingerprint density at radius 1 is 1.06 bits per heavy atom. The zero-order valence-electron chi connectivity index (χ0n) is 17.1. The normalized spacial score (nSPS) is 14.5. The molecule has 1 aliphatic rings. The number of carbonyl (C=O) groups is 1. The van der Waals surface area contributed by atoms with Crippen LogP contribution in [0.5, 0.6) is 11.5 Å². The van der Waals surface area contributed by atoms with Crippen molar-refractivity contribution in [3.8, 4) is 17.6 Å². The first-order valence-corrected chi connectivity index (χ1v) is 10.9. The monoisotopic (exact) mass is 458 g/mol. The minimum atomic E-state index is -0.154. The lowest BCUT2D eigenvalue weighted by molar-refractivity contribution is -0.113. The van der Waals surface area contributed by atoms with Crippen LogP contribution in [0.3, 0.4) is 0 Å². The van der Waals surface area contributed by atoms with Gasteiger partial charge in [-0.25, -0.2) is 0 Å². The van der Waals surface area contributed by atoms with E-state index in [4.69, 9.17) is 21.7 Å². The Morgan fingerprint density at radius 3 is 2.56 bits per heavy atom. The Labute approximate surface area is 195 Å². The van der Waals surface area contributed by atoms with E-state index < -0.39 is 0 Å². The Kier molecular flexibility index (Phi) is 6.55. The maximum Gasteiger partial charge on any atom is 0.270 e. The summed E-state index contributed by atoms with van der Waals surface area (Å²) >= 11 is 6.69. The third-order valence-electron chi connectivity index (χ3n) is 4.81. The molecule has 0 N–H and O–H groups in total. The van der Waals surface area contributed by atoms with Gasteiger partial charge in [0.15, 0.2) is 15.8 Å². The van der Waals surface area contributed by atoms with Crippen molar-refractivity contribution in [3.63, 3.8) is 0 Å². The molecule has 1 fully saturated rings. The molecule has 0 aromatic heterocycles. The summed E-state index contributed by atoms with van der Waals surface area (Å²) in [5.41, 5.74) is 2.91. The number of hydrogen-bond donors (Lipinski definition) is 0. The van der Waals surface area contributed by atoms with Crippen LogP contribution in [0.1, 0.15) is 16.7 Å². The van der Waals surface area contributed by atoms with Crippen molar-refractivity contribution in [3.05, 3.63) is 94.4 Å². The summed E-state index contributed by atoms with van der Waals surface area (Å²) in [6.45, 7) is 0.245. The lowest BCUT2D eigenvalue weighted by Crippen LogP contribution is -2.27. The molecule has 4 rings (SSSR count). The number of thiocarbonyl (C=S) groups is 1. The highest BCUT2D eigenvalue weighted by Gasteiger charge is 2.33. The summed E-state index contributed by atoms with van der Waals surface area (Å²) in [5, 5.41) is 9.24. The predicted octanol–water partition coefficient (Wildman–Crippen LogP) is 5.55. The molecule has 3 aromatic carbocycles. The third-order valence-corrected chi connectivity index (χ3v) is 6.12. The van der Waals surface area contributed by atoms with Crippen LogP contribution in [0.25, 0.3) is 6.08 Å². The smallest absolute Gasteiger partial charge is 0.270 e. The molecule has 1 amide bonds. The fraction of sp³-hybridized carbons (Fsp3) is 0.0800. The number of amides is 1. The molecule has 1 aliphatic heterocycles. The van der Waals surface area contributed by atoms with Gasteiger partial charge in [0.2, 0.25) is 0 Å². The number of hydrogen-bond acceptors (Lipinski definition) is 6. The van der Waals surface area contributed by atoms with Gasteiger partial charge in [-0.2, -0.15) is 5.26 Å². The van der Waals surface area contributed by atoms with Crippen LogP contribution in [0, 0.1) is 11.3 Å². The second-order valence-corrected chi connectivity index (χ2v) is 8.50. The average Bonchev–Trinajstić information content (AvgIpc) is 3.11. The van der Waals surface area contributed by atoms with Crippen molar-refractivity contribution >= 4 is 46.0 Å². The number of nitrogens with zero attached hydrogens (tertiary/aromatic N) is 2. The van der Waals surface area contributed by atoms with Crippen LogP contribution >= 0.6 is 24.0 Å². The molecular formula is C25H18N2O3S2. The Hall–Kier alpha value is -3.60. The molecule has 0 saturated carbocycles. The summed E-state index contributed by atoms with van der Waals surface area (Å²) in [6.07, 6.45) is 1.79. The molecule has 32 heavy (non-hydrogen) atoms. The minimum Gasteiger partial charge on any atom is -0.493 e. The molecular weight excluding hydrogens is 440 g/mol. The van der Waals surface area contributed by atoms with E-state index in [-0.39, 0.29) is 12.5 Å². The lowest BCUT2D eigenvalue weighted by Gasteiger charge is -2.14. The third kappa shape index (κ3) is 4.52. The Morgan fingerprint density at radius 2 is 1.81 bits per heavy atom. The molecule has 0 radical (unpaired) electrons. The van der Waals surface area contributed by atoms with Gasteiger partial charge in [-0.05, 0) is 42.0 Å². The number of nitriles is 1. The van der Waals surface area contributed by atoms with E-state index in [1.54, 1.807) is 31.4 Å². The van der Waals surface area contributed by atoms with E-state index in [0.29, 0.717) is 26.3 Å². The molecule has 0 bridgehead atoms. The maximum absolute atomic E-state index is 12.9. The SMILES string of the molecule is COc1cc(/C=C2/SC(=S)N(c3ccccc3)C2=O)ccc1OCc1ccccc1C#N. The van der Waals surface area contributed by atoms with Crippen LogP contribution in [-0.2, 0) is 11.4 Å². The van der Waals surface area contributed by atoms with Crippen molar-refractivity contribution in [2.45, 2.75) is 6.61 Å². The zero-order chi connectivity index (χ0) is 22.5. The van der Waals surface area contributed by atoms with Crippen LogP contribution in [0.2, 0.25) is 0 Å². The second-order valence-electron chi connectivity index (χ2n) is 6.82. The quantitative estimate of drug-likeness (QED) is 0.356. The summed E-state index contributed by atoms with van der Waals surface area (Å²) < 4.78 is 11.9. The van der Waals surface area contributed by atoms with Gasteiger partial charge in [-0.1, -0.05) is 66.4 Å². The van der Waals surface area contributed by atoms with Gasteiger partial charge >= 0.3 is 0 Å². The average molecular weight is 459 g/mol. The van der Waals surface area contributed by atoms with Gasteiger partial charge in [0, 0.05) is 5.56 Å². The number of methoxy groups -OCH3 is 1. The van der Waals surface area contributed by atoms with Gasteiger partial charge in [0.1, 0.15) is 6.61 Å². The van der Waals surface area contributed by atoms with E-state index in [9.17, 15) is 10.1 Å². The topological polar surface area (TPSA) is 62.6 Å². The first-order chi connectivity index (χ1) is 15.6. The fourth-order valence-corrected chi connectivity index (χ4v) is 4.52. The van der Waals surface area contributed by atoms with Crippen molar-refractivity contribution in [1.29, 1.82) is 5.26 Å². The molecule has 0 spiro atoms. The second kappa shape index (κ2) is 9.69. The Bertz CT molecular complexity index is 1250. The number of carbonyl (C=O) groups excluding carboxylic acids is 1. The highest BCUT2D eigenvalue weighted by atomic mass is 32.2.